The lowest BCUT2D eigenvalue weighted by Crippen LogP contribution is -2.42. The molecule has 1 heterocycles. The number of carbonyl (C=O) groups excluding carboxylic acids is 2. The van der Waals surface area contributed by atoms with Gasteiger partial charge in [0.25, 0.3) is 5.91 Å². The molecule has 2 aromatic rings. The molecular formula is C15H19N3O3. The van der Waals surface area contributed by atoms with E-state index in [2.05, 4.69) is 15.5 Å². The Balaban J connectivity index is 2.04. The van der Waals surface area contributed by atoms with Crippen LogP contribution >= 0.6 is 0 Å². The third-order valence-corrected chi connectivity index (χ3v) is 2.81. The molecule has 0 aliphatic heterocycles. The van der Waals surface area contributed by atoms with E-state index in [0.29, 0.717) is 5.56 Å². The molecule has 21 heavy (non-hydrogen) atoms. The van der Waals surface area contributed by atoms with Gasteiger partial charge in [-0.2, -0.15) is 5.10 Å². The van der Waals surface area contributed by atoms with Crippen LogP contribution in [0.1, 0.15) is 38.1 Å². The molecule has 0 unspecified atom stereocenters. The molecule has 1 amide bonds. The molecule has 0 fully saturated rings. The Morgan fingerprint density at radius 2 is 2.05 bits per heavy atom. The summed E-state index contributed by atoms with van der Waals surface area (Å²) < 4.78 is 5.23. The first-order valence-electron chi connectivity index (χ1n) is 6.73. The number of ether oxygens (including phenoxy) is 1. The highest BCUT2D eigenvalue weighted by atomic mass is 16.6. The maximum absolute atomic E-state index is 12.1. The zero-order chi connectivity index (χ0) is 15.6. The highest BCUT2D eigenvalue weighted by Crippen LogP contribution is 2.13. The third-order valence-electron chi connectivity index (χ3n) is 2.81. The van der Waals surface area contributed by atoms with Gasteiger partial charge in [0, 0.05) is 10.9 Å². The van der Waals surface area contributed by atoms with Crippen LogP contribution in [0.2, 0.25) is 0 Å². The average Bonchev–Trinajstić information content (AvgIpc) is 2.83. The van der Waals surface area contributed by atoms with Gasteiger partial charge in [-0.15, -0.1) is 0 Å². The molecule has 0 radical (unpaired) electrons. The van der Waals surface area contributed by atoms with Gasteiger partial charge in [-0.1, -0.05) is 0 Å². The Morgan fingerprint density at radius 1 is 1.33 bits per heavy atom. The predicted molar refractivity (Wildman–Crippen MR) is 78.9 cm³/mol. The lowest BCUT2D eigenvalue weighted by atomic mass is 10.1. The van der Waals surface area contributed by atoms with E-state index in [9.17, 15) is 9.59 Å². The van der Waals surface area contributed by atoms with E-state index in [0.717, 1.165) is 10.9 Å². The number of aromatic nitrogens is 2. The summed E-state index contributed by atoms with van der Waals surface area (Å²) in [7, 11) is 0. The third kappa shape index (κ3) is 3.81. The Labute approximate surface area is 122 Å². The number of H-pyrrole nitrogens is 1. The van der Waals surface area contributed by atoms with Crippen LogP contribution in [0.3, 0.4) is 0 Å². The Morgan fingerprint density at radius 3 is 2.71 bits per heavy atom. The van der Waals surface area contributed by atoms with Gasteiger partial charge in [0.05, 0.1) is 11.7 Å². The fourth-order valence-electron chi connectivity index (χ4n) is 1.81. The summed E-state index contributed by atoms with van der Waals surface area (Å²) >= 11 is 0. The summed E-state index contributed by atoms with van der Waals surface area (Å²) in [5, 5.41) is 10.2. The average molecular weight is 289 g/mol. The Bertz CT molecular complexity index is 670. The van der Waals surface area contributed by atoms with Gasteiger partial charge < -0.3 is 10.1 Å². The van der Waals surface area contributed by atoms with E-state index < -0.39 is 17.6 Å². The van der Waals surface area contributed by atoms with Crippen molar-refractivity contribution in [3.8, 4) is 0 Å². The quantitative estimate of drug-likeness (QED) is 0.847. The number of fused-ring (bicyclic) bond motifs is 1. The molecule has 1 aromatic heterocycles. The van der Waals surface area contributed by atoms with E-state index in [-0.39, 0.29) is 5.91 Å². The molecule has 6 heteroatoms. The number of carbonyl (C=O) groups is 2. The number of hydrogen-bond acceptors (Lipinski definition) is 4. The summed E-state index contributed by atoms with van der Waals surface area (Å²) in [6.07, 6.45) is 1.64. The first-order chi connectivity index (χ1) is 9.76. The van der Waals surface area contributed by atoms with Crippen molar-refractivity contribution in [2.45, 2.75) is 39.3 Å². The number of benzene rings is 1. The van der Waals surface area contributed by atoms with E-state index in [1.807, 2.05) is 0 Å². The molecule has 2 rings (SSSR count). The van der Waals surface area contributed by atoms with Crippen LogP contribution in [0.4, 0.5) is 0 Å². The van der Waals surface area contributed by atoms with Crippen molar-refractivity contribution in [2.75, 3.05) is 0 Å². The summed E-state index contributed by atoms with van der Waals surface area (Å²) in [4.78, 5) is 24.0. The SMILES string of the molecule is C[C@@H](NC(=O)c1ccc2[nH]ncc2c1)C(=O)OC(C)(C)C. The second-order valence-corrected chi connectivity index (χ2v) is 5.90. The Kier molecular flexibility index (Phi) is 3.97. The maximum Gasteiger partial charge on any atom is 0.328 e. The summed E-state index contributed by atoms with van der Waals surface area (Å²) in [6, 6.07) is 4.46. The minimum Gasteiger partial charge on any atom is -0.458 e. The van der Waals surface area contributed by atoms with Crippen LogP contribution in [0.15, 0.2) is 24.4 Å². The van der Waals surface area contributed by atoms with Crippen LogP contribution in [0.25, 0.3) is 10.9 Å². The normalized spacial score (nSPS) is 13.0. The molecule has 0 saturated heterocycles. The second-order valence-electron chi connectivity index (χ2n) is 5.90. The topological polar surface area (TPSA) is 84.1 Å². The van der Waals surface area contributed by atoms with Crippen LogP contribution in [-0.4, -0.2) is 33.7 Å². The van der Waals surface area contributed by atoms with Crippen LogP contribution < -0.4 is 5.32 Å². The monoisotopic (exact) mass is 289 g/mol. The molecule has 112 valence electrons. The summed E-state index contributed by atoms with van der Waals surface area (Å²) in [5.74, 6) is -0.781. The van der Waals surface area contributed by atoms with Crippen molar-refractivity contribution >= 4 is 22.8 Å². The number of hydrogen-bond donors (Lipinski definition) is 2. The molecule has 2 N–H and O–H groups in total. The van der Waals surface area contributed by atoms with E-state index in [1.54, 1.807) is 52.1 Å². The van der Waals surface area contributed by atoms with E-state index in [4.69, 9.17) is 4.74 Å². The largest absolute Gasteiger partial charge is 0.458 e. The number of esters is 1. The number of rotatable bonds is 3. The lowest BCUT2D eigenvalue weighted by Gasteiger charge is -2.22. The van der Waals surface area contributed by atoms with Gasteiger partial charge in [-0.05, 0) is 45.9 Å². The molecule has 1 atom stereocenters. The van der Waals surface area contributed by atoms with Crippen molar-refractivity contribution in [3.05, 3.63) is 30.0 Å². The lowest BCUT2D eigenvalue weighted by molar-refractivity contribution is -0.156. The minimum atomic E-state index is -0.711. The van der Waals surface area contributed by atoms with Gasteiger partial charge in [-0.3, -0.25) is 9.89 Å². The van der Waals surface area contributed by atoms with Gasteiger partial charge >= 0.3 is 5.97 Å². The molecular weight excluding hydrogens is 270 g/mol. The number of nitrogens with zero attached hydrogens (tertiary/aromatic N) is 1. The van der Waals surface area contributed by atoms with Crippen LogP contribution in [0.5, 0.6) is 0 Å². The maximum atomic E-state index is 12.1. The number of aromatic amines is 1. The molecule has 0 aliphatic rings. The summed E-state index contributed by atoms with van der Waals surface area (Å²) in [5.41, 5.74) is 0.747. The fourth-order valence-corrected chi connectivity index (χ4v) is 1.81. The second kappa shape index (κ2) is 5.55. The van der Waals surface area contributed by atoms with Crippen molar-refractivity contribution < 1.29 is 14.3 Å². The zero-order valence-corrected chi connectivity index (χ0v) is 12.6. The first-order valence-corrected chi connectivity index (χ1v) is 6.73. The number of amides is 1. The molecule has 1 aromatic carbocycles. The molecule has 0 aliphatic carbocycles. The van der Waals surface area contributed by atoms with Gasteiger partial charge in [0.15, 0.2) is 0 Å². The van der Waals surface area contributed by atoms with Gasteiger partial charge in [-0.25, -0.2) is 4.79 Å². The van der Waals surface area contributed by atoms with Crippen LogP contribution in [-0.2, 0) is 9.53 Å². The van der Waals surface area contributed by atoms with Gasteiger partial charge in [0.2, 0.25) is 0 Å². The van der Waals surface area contributed by atoms with Crippen molar-refractivity contribution in [1.82, 2.24) is 15.5 Å². The molecule has 0 saturated carbocycles. The summed E-state index contributed by atoms with van der Waals surface area (Å²) in [6.45, 7) is 6.95. The standard InChI is InChI=1S/C15H19N3O3/c1-9(14(20)21-15(2,3)4)17-13(19)10-5-6-12-11(7-10)8-16-18-12/h5-9H,1-4H3,(H,16,18)(H,17,19)/t9-/m1/s1. The zero-order valence-electron chi connectivity index (χ0n) is 12.6. The predicted octanol–water partition coefficient (Wildman–Crippen LogP) is 2.02. The van der Waals surface area contributed by atoms with Crippen molar-refractivity contribution in [2.24, 2.45) is 0 Å². The Hall–Kier alpha value is -2.37. The van der Waals surface area contributed by atoms with Crippen LogP contribution in [0, 0.1) is 0 Å². The molecule has 6 nitrogen and oxygen atoms in total. The highest BCUT2D eigenvalue weighted by molar-refractivity contribution is 5.99. The first kappa shape index (κ1) is 15.0. The highest BCUT2D eigenvalue weighted by Gasteiger charge is 2.23. The van der Waals surface area contributed by atoms with Gasteiger partial charge in [0.1, 0.15) is 11.6 Å². The van der Waals surface area contributed by atoms with Crippen molar-refractivity contribution in [1.29, 1.82) is 0 Å². The van der Waals surface area contributed by atoms with E-state index >= 15 is 0 Å². The number of nitrogens with one attached hydrogen (secondary N) is 2. The van der Waals surface area contributed by atoms with Crippen molar-refractivity contribution in [3.63, 3.8) is 0 Å². The fraction of sp³-hybridized carbons (Fsp3) is 0.400. The van der Waals surface area contributed by atoms with E-state index in [1.165, 1.54) is 0 Å². The minimum absolute atomic E-state index is 0.323. The molecule has 0 bridgehead atoms. The molecule has 0 spiro atoms. The smallest absolute Gasteiger partial charge is 0.328 e.